The molecule has 0 bridgehead atoms. The third kappa shape index (κ3) is 4.58. The van der Waals surface area contributed by atoms with Crippen LogP contribution in [0.4, 0.5) is 0 Å². The van der Waals surface area contributed by atoms with E-state index >= 15 is 0 Å². The van der Waals surface area contributed by atoms with Gasteiger partial charge in [0.2, 0.25) is 5.91 Å². The van der Waals surface area contributed by atoms with Crippen LogP contribution >= 0.6 is 0 Å². The third-order valence-electron chi connectivity index (χ3n) is 2.72. The number of nitrogens with two attached hydrogens (primary N) is 1. The zero-order valence-electron chi connectivity index (χ0n) is 11.3. The van der Waals surface area contributed by atoms with Crippen molar-refractivity contribution in [1.29, 1.82) is 5.26 Å². The van der Waals surface area contributed by atoms with Gasteiger partial charge in [-0.25, -0.2) is 9.78 Å². The molecule has 1 aromatic heterocycles. The van der Waals surface area contributed by atoms with Crippen LogP contribution in [0.3, 0.4) is 0 Å². The number of carbonyl (C=O) groups is 3. The number of carboxylic acid groups (broad SMARTS) is 1. The van der Waals surface area contributed by atoms with Gasteiger partial charge in [-0.3, -0.25) is 9.59 Å². The summed E-state index contributed by atoms with van der Waals surface area (Å²) in [6.07, 6.45) is -0.261. The Labute approximate surface area is 120 Å². The number of pyridine rings is 1. The highest BCUT2D eigenvalue weighted by Crippen LogP contribution is 2.06. The highest BCUT2D eigenvalue weighted by atomic mass is 16.4. The van der Waals surface area contributed by atoms with Gasteiger partial charge in [-0.1, -0.05) is 0 Å². The molecule has 4 N–H and O–H groups in total. The van der Waals surface area contributed by atoms with Gasteiger partial charge in [0, 0.05) is 6.42 Å². The fraction of sp³-hybridized carbons (Fsp3) is 0.308. The molecular formula is C13H14N4O4. The second kappa shape index (κ2) is 7.00. The predicted octanol–water partition coefficient (Wildman–Crippen LogP) is -0.290. The van der Waals surface area contributed by atoms with Crippen LogP contribution in [0.2, 0.25) is 0 Å². The van der Waals surface area contributed by atoms with Gasteiger partial charge in [0.1, 0.15) is 17.8 Å². The van der Waals surface area contributed by atoms with Gasteiger partial charge in [0.05, 0.1) is 11.3 Å². The second-order valence-electron chi connectivity index (χ2n) is 4.31. The van der Waals surface area contributed by atoms with Crippen molar-refractivity contribution in [1.82, 2.24) is 10.3 Å². The molecule has 110 valence electrons. The number of aromatic nitrogens is 1. The first-order valence-electron chi connectivity index (χ1n) is 6.05. The summed E-state index contributed by atoms with van der Waals surface area (Å²) >= 11 is 0. The molecule has 1 atom stereocenters. The van der Waals surface area contributed by atoms with Crippen LogP contribution in [0.5, 0.6) is 0 Å². The van der Waals surface area contributed by atoms with Crippen LogP contribution in [0.15, 0.2) is 12.1 Å². The fourth-order valence-electron chi connectivity index (χ4n) is 1.58. The molecule has 21 heavy (non-hydrogen) atoms. The average molecular weight is 290 g/mol. The maximum atomic E-state index is 11.9. The van der Waals surface area contributed by atoms with Gasteiger partial charge in [-0.2, -0.15) is 5.26 Å². The minimum atomic E-state index is -1.27. The summed E-state index contributed by atoms with van der Waals surface area (Å²) in [5, 5.41) is 20.0. The van der Waals surface area contributed by atoms with Crippen molar-refractivity contribution in [2.75, 3.05) is 0 Å². The number of primary amides is 1. The van der Waals surface area contributed by atoms with Gasteiger partial charge < -0.3 is 16.2 Å². The number of hydrogen-bond donors (Lipinski definition) is 3. The summed E-state index contributed by atoms with van der Waals surface area (Å²) in [7, 11) is 0. The molecule has 0 radical (unpaired) electrons. The lowest BCUT2D eigenvalue weighted by atomic mass is 10.1. The molecule has 8 nitrogen and oxygen atoms in total. The third-order valence-corrected chi connectivity index (χ3v) is 2.72. The first-order valence-corrected chi connectivity index (χ1v) is 6.05. The molecule has 0 fully saturated rings. The van der Waals surface area contributed by atoms with Crippen LogP contribution in [-0.2, 0) is 9.59 Å². The molecule has 8 heteroatoms. The molecule has 0 aromatic carbocycles. The molecular weight excluding hydrogens is 276 g/mol. The smallest absolute Gasteiger partial charge is 0.326 e. The van der Waals surface area contributed by atoms with E-state index in [4.69, 9.17) is 16.1 Å². The number of rotatable bonds is 6. The van der Waals surface area contributed by atoms with Gasteiger partial charge in [0.25, 0.3) is 5.91 Å². The summed E-state index contributed by atoms with van der Waals surface area (Å²) in [4.78, 5) is 37.5. The van der Waals surface area contributed by atoms with Crippen molar-refractivity contribution in [3.63, 3.8) is 0 Å². The van der Waals surface area contributed by atoms with E-state index in [0.717, 1.165) is 0 Å². The van der Waals surface area contributed by atoms with Crippen molar-refractivity contribution in [3.05, 3.63) is 29.1 Å². The Hall–Kier alpha value is -2.95. The first kappa shape index (κ1) is 16.1. The summed E-state index contributed by atoms with van der Waals surface area (Å²) in [6, 6.07) is 3.43. The van der Waals surface area contributed by atoms with Crippen molar-refractivity contribution < 1.29 is 19.5 Å². The summed E-state index contributed by atoms with van der Waals surface area (Å²) in [6.45, 7) is 1.57. The Morgan fingerprint density at radius 3 is 2.62 bits per heavy atom. The van der Waals surface area contributed by atoms with E-state index in [-0.39, 0.29) is 18.5 Å². The summed E-state index contributed by atoms with van der Waals surface area (Å²) in [5.74, 6) is -2.61. The van der Waals surface area contributed by atoms with Crippen LogP contribution < -0.4 is 11.1 Å². The number of amides is 2. The van der Waals surface area contributed by atoms with E-state index in [1.807, 2.05) is 6.07 Å². The van der Waals surface area contributed by atoms with Crippen LogP contribution in [0.25, 0.3) is 0 Å². The van der Waals surface area contributed by atoms with Crippen LogP contribution in [-0.4, -0.2) is 33.9 Å². The highest BCUT2D eigenvalue weighted by Gasteiger charge is 2.22. The molecule has 0 spiro atoms. The number of carbonyl (C=O) groups excluding carboxylic acids is 2. The Morgan fingerprint density at radius 2 is 2.14 bits per heavy atom. The second-order valence-corrected chi connectivity index (χ2v) is 4.31. The van der Waals surface area contributed by atoms with E-state index < -0.39 is 23.8 Å². The minimum absolute atomic E-state index is 0.00294. The molecule has 1 aromatic rings. The van der Waals surface area contributed by atoms with Crippen LogP contribution in [0.1, 0.15) is 34.6 Å². The summed E-state index contributed by atoms with van der Waals surface area (Å²) < 4.78 is 0. The zero-order valence-corrected chi connectivity index (χ0v) is 11.3. The maximum absolute atomic E-state index is 11.9. The number of carboxylic acids is 1. The van der Waals surface area contributed by atoms with Gasteiger partial charge in [0.15, 0.2) is 0 Å². The molecule has 0 aliphatic rings. The van der Waals surface area contributed by atoms with Gasteiger partial charge in [-0.15, -0.1) is 0 Å². The molecule has 0 saturated carbocycles. The van der Waals surface area contributed by atoms with Crippen molar-refractivity contribution >= 4 is 17.8 Å². The van der Waals surface area contributed by atoms with E-state index in [1.165, 1.54) is 12.1 Å². The molecule has 0 saturated heterocycles. The maximum Gasteiger partial charge on any atom is 0.326 e. The highest BCUT2D eigenvalue weighted by molar-refractivity contribution is 5.95. The number of nitriles is 1. The van der Waals surface area contributed by atoms with Crippen molar-refractivity contribution in [2.24, 2.45) is 5.73 Å². The lowest BCUT2D eigenvalue weighted by molar-refractivity contribution is -0.139. The van der Waals surface area contributed by atoms with Crippen LogP contribution in [0, 0.1) is 18.3 Å². The Bertz CT molecular complexity index is 621. The topological polar surface area (TPSA) is 146 Å². The number of aryl methyl sites for hydroxylation is 1. The number of hydrogen-bond acceptors (Lipinski definition) is 5. The van der Waals surface area contributed by atoms with E-state index in [1.54, 1.807) is 6.92 Å². The monoisotopic (exact) mass is 290 g/mol. The first-order chi connectivity index (χ1) is 9.85. The van der Waals surface area contributed by atoms with Gasteiger partial charge >= 0.3 is 5.97 Å². The minimum Gasteiger partial charge on any atom is -0.480 e. The fourth-order valence-corrected chi connectivity index (χ4v) is 1.58. The van der Waals surface area contributed by atoms with Gasteiger partial charge in [-0.05, 0) is 25.5 Å². The zero-order chi connectivity index (χ0) is 16.0. The number of nitrogens with one attached hydrogen (secondary N) is 1. The molecule has 1 heterocycles. The largest absolute Gasteiger partial charge is 0.480 e. The molecule has 2 amide bonds. The van der Waals surface area contributed by atoms with E-state index in [9.17, 15) is 14.4 Å². The van der Waals surface area contributed by atoms with E-state index in [2.05, 4.69) is 10.3 Å². The lowest BCUT2D eigenvalue weighted by Gasteiger charge is -2.13. The predicted molar refractivity (Wildman–Crippen MR) is 71.0 cm³/mol. The molecule has 0 aliphatic heterocycles. The molecule has 0 unspecified atom stereocenters. The summed E-state index contributed by atoms with van der Waals surface area (Å²) in [5.41, 5.74) is 5.64. The van der Waals surface area contributed by atoms with E-state index in [0.29, 0.717) is 11.3 Å². The normalized spacial score (nSPS) is 11.2. The standard InChI is InChI=1S/C13H14N4O4/c1-7-8(6-14)2-3-9(16-7)12(19)17-10(13(20)21)4-5-11(15)18/h2-3,10H,4-5H2,1H3,(H2,15,18)(H,17,19)(H,20,21)/t10-/m0/s1. The molecule has 1 rings (SSSR count). The SMILES string of the molecule is Cc1nc(C(=O)N[C@@H](CCC(N)=O)C(=O)O)ccc1C#N. The Morgan fingerprint density at radius 1 is 1.48 bits per heavy atom. The Kier molecular flexibility index (Phi) is 5.37. The number of aliphatic carboxylic acids is 1. The molecule has 0 aliphatic carbocycles. The lowest BCUT2D eigenvalue weighted by Crippen LogP contribution is -2.41. The average Bonchev–Trinajstić information content (AvgIpc) is 2.42. The Balaban J connectivity index is 2.82. The van der Waals surface area contributed by atoms with Crippen molar-refractivity contribution in [3.8, 4) is 6.07 Å². The number of nitrogens with zero attached hydrogens (tertiary/aromatic N) is 2. The quantitative estimate of drug-likeness (QED) is 0.656. The van der Waals surface area contributed by atoms with Crippen molar-refractivity contribution in [2.45, 2.75) is 25.8 Å².